The summed E-state index contributed by atoms with van der Waals surface area (Å²) in [5.41, 5.74) is 4.78. The van der Waals surface area contributed by atoms with Crippen molar-refractivity contribution >= 4 is 0 Å². The molecule has 0 saturated carbocycles. The average molecular weight is 269 g/mol. The van der Waals surface area contributed by atoms with Crippen LogP contribution in [0.1, 0.15) is 34.7 Å². The van der Waals surface area contributed by atoms with Gasteiger partial charge in [0.25, 0.3) is 0 Å². The van der Waals surface area contributed by atoms with Crippen molar-refractivity contribution in [3.8, 4) is 0 Å². The van der Waals surface area contributed by atoms with Gasteiger partial charge >= 0.3 is 0 Å². The fraction of sp³-hybridized carbons (Fsp3) is 0.333. The molecule has 1 nitrogen and oxygen atoms in total. The molecule has 0 saturated heterocycles. The molecule has 1 aliphatic rings. The molecule has 1 atom stereocenters. The van der Waals surface area contributed by atoms with Crippen LogP contribution in [0, 0.1) is 12.7 Å². The number of aryl methyl sites for hydroxylation is 1. The Morgan fingerprint density at radius 3 is 2.85 bits per heavy atom. The van der Waals surface area contributed by atoms with Gasteiger partial charge in [0.1, 0.15) is 5.82 Å². The lowest BCUT2D eigenvalue weighted by Gasteiger charge is -2.14. The van der Waals surface area contributed by atoms with E-state index in [1.165, 1.54) is 11.1 Å². The van der Waals surface area contributed by atoms with Gasteiger partial charge < -0.3 is 5.32 Å². The molecule has 20 heavy (non-hydrogen) atoms. The maximum absolute atomic E-state index is 13.7. The second-order valence-corrected chi connectivity index (χ2v) is 5.53. The van der Waals surface area contributed by atoms with Crippen molar-refractivity contribution in [1.29, 1.82) is 0 Å². The Morgan fingerprint density at radius 2 is 2.00 bits per heavy atom. The van der Waals surface area contributed by atoms with Gasteiger partial charge in [-0.2, -0.15) is 0 Å². The van der Waals surface area contributed by atoms with Crippen LogP contribution in [0.3, 0.4) is 0 Å². The van der Waals surface area contributed by atoms with Crippen molar-refractivity contribution in [2.45, 2.75) is 32.2 Å². The zero-order chi connectivity index (χ0) is 13.9. The lowest BCUT2D eigenvalue weighted by atomic mass is 10.0. The highest BCUT2D eigenvalue weighted by atomic mass is 19.1. The van der Waals surface area contributed by atoms with Gasteiger partial charge in [0.05, 0.1) is 0 Å². The molecule has 0 spiro atoms. The van der Waals surface area contributed by atoms with E-state index in [-0.39, 0.29) is 5.82 Å². The molecule has 0 aliphatic heterocycles. The molecular weight excluding hydrogens is 249 g/mol. The van der Waals surface area contributed by atoms with E-state index < -0.39 is 0 Å². The van der Waals surface area contributed by atoms with E-state index in [9.17, 15) is 4.39 Å². The number of hydrogen-bond acceptors (Lipinski definition) is 1. The Hall–Kier alpha value is -1.67. The second-order valence-electron chi connectivity index (χ2n) is 5.53. The molecular formula is C18H20FN. The molecule has 2 aromatic carbocycles. The van der Waals surface area contributed by atoms with Crippen molar-refractivity contribution in [3.63, 3.8) is 0 Å². The summed E-state index contributed by atoms with van der Waals surface area (Å²) in [5, 5.41) is 3.57. The van der Waals surface area contributed by atoms with Crippen molar-refractivity contribution in [3.05, 3.63) is 70.5 Å². The molecule has 0 bridgehead atoms. The normalized spacial score (nSPS) is 17.2. The first kappa shape index (κ1) is 13.3. The fourth-order valence-electron chi connectivity index (χ4n) is 3.09. The molecule has 104 valence electrons. The minimum atomic E-state index is -0.0503. The number of fused-ring (bicyclic) bond motifs is 1. The maximum atomic E-state index is 13.7. The zero-order valence-electron chi connectivity index (χ0n) is 11.8. The van der Waals surface area contributed by atoms with Crippen LogP contribution in [-0.2, 0) is 12.8 Å². The minimum Gasteiger partial charge on any atom is -0.310 e. The first-order valence-corrected chi connectivity index (χ1v) is 7.31. The Labute approximate surface area is 119 Å². The zero-order valence-corrected chi connectivity index (χ0v) is 11.8. The van der Waals surface area contributed by atoms with Gasteiger partial charge in [0.2, 0.25) is 0 Å². The summed E-state index contributed by atoms with van der Waals surface area (Å²) in [6.45, 7) is 3.08. The van der Waals surface area contributed by atoms with Gasteiger partial charge in [0.15, 0.2) is 0 Å². The van der Waals surface area contributed by atoms with E-state index in [0.717, 1.165) is 36.9 Å². The third-order valence-electron chi connectivity index (χ3n) is 4.26. The largest absolute Gasteiger partial charge is 0.310 e. The summed E-state index contributed by atoms with van der Waals surface area (Å²) in [5.74, 6) is -0.0503. The molecule has 1 aliphatic carbocycles. The number of nitrogens with one attached hydrogen (secondary N) is 1. The van der Waals surface area contributed by atoms with Crippen LogP contribution in [0.15, 0.2) is 42.5 Å². The van der Waals surface area contributed by atoms with E-state index >= 15 is 0 Å². The molecule has 0 radical (unpaired) electrons. The lowest BCUT2D eigenvalue weighted by molar-refractivity contribution is 0.533. The molecule has 1 unspecified atom stereocenters. The number of benzene rings is 2. The van der Waals surface area contributed by atoms with Crippen LogP contribution in [-0.4, -0.2) is 6.54 Å². The Bertz CT molecular complexity index is 606. The van der Waals surface area contributed by atoms with Gasteiger partial charge in [-0.25, -0.2) is 4.39 Å². The van der Waals surface area contributed by atoms with E-state index in [1.54, 1.807) is 6.07 Å². The molecule has 2 heteroatoms. The predicted molar refractivity (Wildman–Crippen MR) is 80.3 cm³/mol. The van der Waals surface area contributed by atoms with Gasteiger partial charge in [-0.3, -0.25) is 0 Å². The molecule has 0 aromatic heterocycles. The Balaban J connectivity index is 1.62. The van der Waals surface area contributed by atoms with E-state index in [4.69, 9.17) is 0 Å². The molecule has 2 aromatic rings. The predicted octanol–water partition coefficient (Wildman–Crippen LogP) is 3.95. The summed E-state index contributed by atoms with van der Waals surface area (Å²) < 4.78 is 13.7. The van der Waals surface area contributed by atoms with Crippen LogP contribution >= 0.6 is 0 Å². The topological polar surface area (TPSA) is 12.0 Å². The third kappa shape index (κ3) is 2.61. The van der Waals surface area contributed by atoms with Crippen LogP contribution < -0.4 is 5.32 Å². The molecule has 0 heterocycles. The quantitative estimate of drug-likeness (QED) is 0.886. The maximum Gasteiger partial charge on any atom is 0.126 e. The van der Waals surface area contributed by atoms with E-state index in [0.29, 0.717) is 6.04 Å². The summed E-state index contributed by atoms with van der Waals surface area (Å²) in [6, 6.07) is 14.2. The van der Waals surface area contributed by atoms with Gasteiger partial charge in [0, 0.05) is 6.04 Å². The molecule has 3 rings (SSSR count). The molecule has 0 fully saturated rings. The van der Waals surface area contributed by atoms with Crippen LogP contribution in [0.2, 0.25) is 0 Å². The Morgan fingerprint density at radius 1 is 1.15 bits per heavy atom. The van der Waals surface area contributed by atoms with Crippen molar-refractivity contribution < 1.29 is 4.39 Å². The summed E-state index contributed by atoms with van der Waals surface area (Å²) in [4.78, 5) is 0. The van der Waals surface area contributed by atoms with Crippen molar-refractivity contribution in [2.24, 2.45) is 0 Å². The number of hydrogen-bond donors (Lipinski definition) is 1. The highest BCUT2D eigenvalue weighted by molar-refractivity contribution is 5.35. The van der Waals surface area contributed by atoms with Crippen molar-refractivity contribution in [2.75, 3.05) is 6.54 Å². The molecule has 1 N–H and O–H groups in total. The van der Waals surface area contributed by atoms with Gasteiger partial charge in [-0.05, 0) is 61.1 Å². The van der Waals surface area contributed by atoms with Crippen molar-refractivity contribution in [1.82, 2.24) is 5.32 Å². The van der Waals surface area contributed by atoms with Crippen LogP contribution in [0.4, 0.5) is 4.39 Å². The van der Waals surface area contributed by atoms with E-state index in [1.807, 2.05) is 6.07 Å². The second kappa shape index (κ2) is 5.76. The smallest absolute Gasteiger partial charge is 0.126 e. The summed E-state index contributed by atoms with van der Waals surface area (Å²) >= 11 is 0. The Kier molecular flexibility index (Phi) is 3.83. The average Bonchev–Trinajstić information content (AvgIpc) is 2.86. The monoisotopic (exact) mass is 269 g/mol. The summed E-state index contributed by atoms with van der Waals surface area (Å²) in [6.07, 6.45) is 2.88. The first-order chi connectivity index (χ1) is 9.75. The summed E-state index contributed by atoms with van der Waals surface area (Å²) in [7, 11) is 0. The SMILES string of the molecule is Cc1ccccc1CCNC1CCc2c(F)cccc21. The highest BCUT2D eigenvalue weighted by Gasteiger charge is 2.23. The number of rotatable bonds is 4. The number of halogens is 1. The lowest BCUT2D eigenvalue weighted by Crippen LogP contribution is -2.22. The van der Waals surface area contributed by atoms with Crippen LogP contribution in [0.25, 0.3) is 0 Å². The van der Waals surface area contributed by atoms with Gasteiger partial charge in [-0.1, -0.05) is 36.4 Å². The fourth-order valence-corrected chi connectivity index (χ4v) is 3.09. The standard InChI is InChI=1S/C18H20FN/c1-13-5-2-3-6-14(13)11-12-20-18-10-9-15-16(18)7-4-8-17(15)19/h2-8,18,20H,9-12H2,1H3. The molecule has 0 amide bonds. The van der Waals surface area contributed by atoms with Crippen LogP contribution in [0.5, 0.6) is 0 Å². The highest BCUT2D eigenvalue weighted by Crippen LogP contribution is 2.32. The third-order valence-corrected chi connectivity index (χ3v) is 4.26. The van der Waals surface area contributed by atoms with E-state index in [2.05, 4.69) is 42.6 Å². The minimum absolute atomic E-state index is 0.0503. The first-order valence-electron chi connectivity index (χ1n) is 7.31. The van der Waals surface area contributed by atoms with Gasteiger partial charge in [-0.15, -0.1) is 0 Å².